The molecule has 0 saturated carbocycles. The molecule has 0 spiro atoms. The number of para-hydroxylation sites is 2. The van der Waals surface area contributed by atoms with Crippen molar-refractivity contribution in [2.45, 2.75) is 31.7 Å². The number of amides is 1. The number of likely N-dealkylation sites (tertiary alicyclic amines) is 1. The van der Waals surface area contributed by atoms with E-state index >= 15 is 0 Å². The van der Waals surface area contributed by atoms with Gasteiger partial charge in [-0.15, -0.1) is 0 Å². The van der Waals surface area contributed by atoms with Gasteiger partial charge in [0.2, 0.25) is 5.91 Å². The first-order valence-corrected chi connectivity index (χ1v) is 7.88. The van der Waals surface area contributed by atoms with Crippen LogP contribution in [0, 0.1) is 10.1 Å². The number of carbonyl (C=O) groups is 2. The second kappa shape index (κ2) is 8.39. The summed E-state index contributed by atoms with van der Waals surface area (Å²) in [7, 11) is 1.27. The Kier molecular flexibility index (Phi) is 6.25. The molecule has 2 rings (SSSR count). The van der Waals surface area contributed by atoms with Gasteiger partial charge in [-0.2, -0.15) is 0 Å². The number of benzene rings is 1. The van der Waals surface area contributed by atoms with Crippen LogP contribution in [0.15, 0.2) is 24.3 Å². The van der Waals surface area contributed by atoms with Crippen LogP contribution in [-0.4, -0.2) is 47.9 Å². The molecule has 0 radical (unpaired) electrons. The minimum atomic E-state index is -0.697. The van der Waals surface area contributed by atoms with Gasteiger partial charge >= 0.3 is 5.97 Å². The number of esters is 1. The van der Waals surface area contributed by atoms with Crippen molar-refractivity contribution in [3.05, 3.63) is 34.4 Å². The average Bonchev–Trinajstić information content (AvgIpc) is 2.60. The maximum absolute atomic E-state index is 12.7. The topological polar surface area (TPSA) is 102 Å². The van der Waals surface area contributed by atoms with Gasteiger partial charge in [-0.25, -0.2) is 0 Å². The minimum absolute atomic E-state index is 0.0804. The molecule has 1 atom stereocenters. The zero-order valence-corrected chi connectivity index (χ0v) is 13.6. The summed E-state index contributed by atoms with van der Waals surface area (Å²) < 4.78 is 4.68. The lowest BCUT2D eigenvalue weighted by Gasteiger charge is -2.33. The molecular weight excluding hydrogens is 314 g/mol. The molecule has 1 N–H and O–H groups in total. The molecule has 1 saturated heterocycles. The number of anilines is 1. The van der Waals surface area contributed by atoms with Gasteiger partial charge in [-0.05, 0) is 32.0 Å². The summed E-state index contributed by atoms with van der Waals surface area (Å²) in [6.07, 6.45) is 2.92. The van der Waals surface area contributed by atoms with E-state index in [1.54, 1.807) is 6.07 Å². The molecule has 0 aliphatic carbocycles. The van der Waals surface area contributed by atoms with E-state index in [0.29, 0.717) is 13.1 Å². The van der Waals surface area contributed by atoms with E-state index in [2.05, 4.69) is 10.1 Å². The van der Waals surface area contributed by atoms with Crippen LogP contribution in [0.2, 0.25) is 0 Å². The number of nitro benzene ring substituents is 1. The van der Waals surface area contributed by atoms with Gasteiger partial charge < -0.3 is 10.1 Å². The molecule has 1 unspecified atom stereocenters. The number of carbonyl (C=O) groups excluding carboxylic acids is 2. The highest BCUT2D eigenvalue weighted by atomic mass is 16.6. The van der Waals surface area contributed by atoms with Gasteiger partial charge in [0.15, 0.2) is 0 Å². The van der Waals surface area contributed by atoms with Crippen molar-refractivity contribution in [3.63, 3.8) is 0 Å². The number of hydrogen-bond donors (Lipinski definition) is 1. The number of nitrogens with zero attached hydrogens (tertiary/aromatic N) is 2. The van der Waals surface area contributed by atoms with Crippen LogP contribution in [0.3, 0.4) is 0 Å². The van der Waals surface area contributed by atoms with Crippen LogP contribution >= 0.6 is 0 Å². The summed E-state index contributed by atoms with van der Waals surface area (Å²) in [6, 6.07) is 5.24. The highest BCUT2D eigenvalue weighted by molar-refractivity contribution is 5.98. The number of nitrogens with one attached hydrogen (secondary N) is 1. The van der Waals surface area contributed by atoms with Gasteiger partial charge in [-0.3, -0.25) is 24.6 Å². The number of ether oxygens (including phenoxy) is 1. The molecule has 8 heteroatoms. The standard InChI is InChI=1S/C16H21N3O5/c1-24-15(20)11-14(18-9-5-2-6-10-18)16(21)17-12-7-3-4-8-13(12)19(22)23/h3-4,7-8,14H,2,5-6,9-11H2,1H3,(H,17,21). The van der Waals surface area contributed by atoms with Gasteiger partial charge in [0.1, 0.15) is 11.7 Å². The van der Waals surface area contributed by atoms with Crippen molar-refractivity contribution in [1.29, 1.82) is 0 Å². The molecule has 0 aromatic heterocycles. The molecule has 1 amide bonds. The summed E-state index contributed by atoms with van der Waals surface area (Å²) in [5.41, 5.74) is -0.0549. The number of methoxy groups -OCH3 is 1. The summed E-state index contributed by atoms with van der Waals surface area (Å²) in [6.45, 7) is 1.43. The van der Waals surface area contributed by atoms with Gasteiger partial charge in [0, 0.05) is 6.07 Å². The average molecular weight is 335 g/mol. The van der Waals surface area contributed by atoms with Crippen molar-refractivity contribution >= 4 is 23.3 Å². The Hall–Kier alpha value is -2.48. The molecule has 1 aromatic rings. The fourth-order valence-corrected chi connectivity index (χ4v) is 2.81. The van der Waals surface area contributed by atoms with E-state index in [9.17, 15) is 19.7 Å². The highest BCUT2D eigenvalue weighted by Crippen LogP contribution is 2.24. The highest BCUT2D eigenvalue weighted by Gasteiger charge is 2.30. The van der Waals surface area contributed by atoms with Crippen molar-refractivity contribution in [2.75, 3.05) is 25.5 Å². The summed E-state index contributed by atoms with van der Waals surface area (Å²) in [5, 5.41) is 13.7. The predicted molar refractivity (Wildman–Crippen MR) is 87.6 cm³/mol. The number of piperidine rings is 1. The third-order valence-electron chi connectivity index (χ3n) is 4.08. The quantitative estimate of drug-likeness (QED) is 0.484. The van der Waals surface area contributed by atoms with Crippen molar-refractivity contribution in [2.24, 2.45) is 0 Å². The number of hydrogen-bond acceptors (Lipinski definition) is 6. The SMILES string of the molecule is COC(=O)CC(C(=O)Nc1ccccc1[N+](=O)[O-])N1CCCCC1. The smallest absolute Gasteiger partial charge is 0.307 e. The van der Waals surface area contributed by atoms with E-state index in [4.69, 9.17) is 0 Å². The Morgan fingerprint density at radius 1 is 1.29 bits per heavy atom. The predicted octanol–water partition coefficient (Wildman–Crippen LogP) is 1.95. The van der Waals surface area contributed by atoms with Gasteiger partial charge in [0.05, 0.1) is 18.5 Å². The van der Waals surface area contributed by atoms with Gasteiger partial charge in [0.25, 0.3) is 5.69 Å². The first kappa shape index (κ1) is 17.9. The van der Waals surface area contributed by atoms with E-state index in [1.165, 1.54) is 25.3 Å². The van der Waals surface area contributed by atoms with E-state index in [-0.39, 0.29) is 17.8 Å². The minimum Gasteiger partial charge on any atom is -0.469 e. The van der Waals surface area contributed by atoms with Crippen LogP contribution in [-0.2, 0) is 14.3 Å². The lowest BCUT2D eigenvalue weighted by atomic mass is 10.1. The van der Waals surface area contributed by atoms with Crippen LogP contribution in [0.25, 0.3) is 0 Å². The number of nitro groups is 1. The first-order chi connectivity index (χ1) is 11.5. The Morgan fingerprint density at radius 2 is 1.96 bits per heavy atom. The Bertz CT molecular complexity index is 613. The van der Waals surface area contributed by atoms with E-state index < -0.39 is 22.8 Å². The zero-order chi connectivity index (χ0) is 17.5. The molecular formula is C16H21N3O5. The van der Waals surface area contributed by atoms with Crippen LogP contribution in [0.5, 0.6) is 0 Å². The Labute approximate surface area is 139 Å². The van der Waals surface area contributed by atoms with E-state index in [0.717, 1.165) is 19.3 Å². The van der Waals surface area contributed by atoms with Crippen molar-refractivity contribution < 1.29 is 19.2 Å². The molecule has 1 fully saturated rings. The maximum atomic E-state index is 12.7. The molecule has 1 heterocycles. The lowest BCUT2D eigenvalue weighted by molar-refractivity contribution is -0.383. The molecule has 8 nitrogen and oxygen atoms in total. The summed E-state index contributed by atoms with van der Waals surface area (Å²) >= 11 is 0. The molecule has 0 bridgehead atoms. The fourth-order valence-electron chi connectivity index (χ4n) is 2.81. The normalized spacial score (nSPS) is 16.2. The van der Waals surface area contributed by atoms with Crippen molar-refractivity contribution in [1.82, 2.24) is 4.90 Å². The summed E-state index contributed by atoms with van der Waals surface area (Å²) in [5.74, 6) is -0.917. The third-order valence-corrected chi connectivity index (χ3v) is 4.08. The largest absolute Gasteiger partial charge is 0.469 e. The Balaban J connectivity index is 2.17. The monoisotopic (exact) mass is 335 g/mol. The zero-order valence-electron chi connectivity index (χ0n) is 13.6. The second-order valence-electron chi connectivity index (χ2n) is 5.66. The summed E-state index contributed by atoms with van der Waals surface area (Å²) in [4.78, 5) is 36.8. The lowest BCUT2D eigenvalue weighted by Crippen LogP contribution is -2.47. The second-order valence-corrected chi connectivity index (χ2v) is 5.66. The molecule has 1 aromatic carbocycles. The Morgan fingerprint density at radius 3 is 2.58 bits per heavy atom. The van der Waals surface area contributed by atoms with Crippen molar-refractivity contribution in [3.8, 4) is 0 Å². The van der Waals surface area contributed by atoms with Crippen LogP contribution in [0.4, 0.5) is 11.4 Å². The molecule has 130 valence electrons. The molecule has 1 aliphatic heterocycles. The fraction of sp³-hybridized carbons (Fsp3) is 0.500. The third kappa shape index (κ3) is 4.51. The van der Waals surface area contributed by atoms with Crippen LogP contribution < -0.4 is 5.32 Å². The van der Waals surface area contributed by atoms with Crippen LogP contribution in [0.1, 0.15) is 25.7 Å². The first-order valence-electron chi connectivity index (χ1n) is 7.88. The number of rotatable bonds is 6. The maximum Gasteiger partial charge on any atom is 0.307 e. The van der Waals surface area contributed by atoms with Gasteiger partial charge in [-0.1, -0.05) is 18.6 Å². The van der Waals surface area contributed by atoms with E-state index in [1.807, 2.05) is 4.90 Å². The molecule has 1 aliphatic rings. The molecule has 24 heavy (non-hydrogen) atoms.